The predicted molar refractivity (Wildman–Crippen MR) is 113 cm³/mol. The van der Waals surface area contributed by atoms with E-state index in [-0.39, 0.29) is 12.5 Å². The Hall–Kier alpha value is -0.200. The van der Waals surface area contributed by atoms with Gasteiger partial charge in [-0.25, -0.2) is 0 Å². The van der Waals surface area contributed by atoms with Crippen molar-refractivity contribution in [1.82, 2.24) is 4.90 Å². The van der Waals surface area contributed by atoms with Crippen LogP contribution >= 0.6 is 0 Å². The van der Waals surface area contributed by atoms with E-state index in [1.807, 2.05) is 20.8 Å². The molecule has 164 valence electrons. The molecule has 0 saturated heterocycles. The number of unbranched alkanes of at least 4 members (excludes halogenated alkanes) is 5. The Morgan fingerprint density at radius 1 is 0.741 bits per heavy atom. The van der Waals surface area contributed by atoms with Gasteiger partial charge in [-0.2, -0.15) is 0 Å². The zero-order chi connectivity index (χ0) is 20.4. The second-order valence-electron chi connectivity index (χ2n) is 7.33. The third kappa shape index (κ3) is 12.1. The summed E-state index contributed by atoms with van der Waals surface area (Å²) >= 11 is 0. The van der Waals surface area contributed by atoms with Gasteiger partial charge in [0.05, 0.1) is 6.61 Å². The SMILES string of the molecule is CCCCCCCCC(CCCN(C)CCO)C(OCC)(OCC)OCC. The first-order valence-corrected chi connectivity index (χ1v) is 11.3. The minimum Gasteiger partial charge on any atom is -0.395 e. The van der Waals surface area contributed by atoms with Gasteiger partial charge in [-0.15, -0.1) is 0 Å². The summed E-state index contributed by atoms with van der Waals surface area (Å²) in [6.07, 6.45) is 10.8. The Bertz CT molecular complexity index is 298. The number of hydrogen-bond donors (Lipinski definition) is 1. The first-order valence-electron chi connectivity index (χ1n) is 11.3. The molecule has 0 heterocycles. The molecule has 0 fully saturated rings. The van der Waals surface area contributed by atoms with Gasteiger partial charge in [-0.3, -0.25) is 0 Å². The van der Waals surface area contributed by atoms with Crippen LogP contribution in [0.25, 0.3) is 0 Å². The molecule has 1 N–H and O–H groups in total. The Morgan fingerprint density at radius 3 is 1.78 bits per heavy atom. The third-order valence-electron chi connectivity index (χ3n) is 5.02. The van der Waals surface area contributed by atoms with Gasteiger partial charge < -0.3 is 24.2 Å². The Kier molecular flexibility index (Phi) is 17.7. The van der Waals surface area contributed by atoms with E-state index in [4.69, 9.17) is 19.3 Å². The van der Waals surface area contributed by atoms with E-state index in [2.05, 4.69) is 18.9 Å². The van der Waals surface area contributed by atoms with E-state index >= 15 is 0 Å². The van der Waals surface area contributed by atoms with Crippen molar-refractivity contribution in [2.24, 2.45) is 5.92 Å². The molecule has 0 amide bonds. The summed E-state index contributed by atoms with van der Waals surface area (Å²) in [7, 11) is 2.06. The van der Waals surface area contributed by atoms with Crippen molar-refractivity contribution in [3.63, 3.8) is 0 Å². The van der Waals surface area contributed by atoms with Crippen molar-refractivity contribution in [3.05, 3.63) is 0 Å². The van der Waals surface area contributed by atoms with Crippen LogP contribution in [0.3, 0.4) is 0 Å². The zero-order valence-electron chi connectivity index (χ0n) is 18.8. The number of hydrogen-bond acceptors (Lipinski definition) is 5. The summed E-state index contributed by atoms with van der Waals surface area (Å²) in [5, 5.41) is 9.09. The molecule has 0 aromatic carbocycles. The van der Waals surface area contributed by atoms with E-state index in [0.717, 1.165) is 32.4 Å². The fourth-order valence-corrected chi connectivity index (χ4v) is 3.64. The van der Waals surface area contributed by atoms with Crippen molar-refractivity contribution in [1.29, 1.82) is 0 Å². The van der Waals surface area contributed by atoms with Crippen molar-refractivity contribution in [2.45, 2.75) is 91.5 Å². The second-order valence-corrected chi connectivity index (χ2v) is 7.33. The zero-order valence-corrected chi connectivity index (χ0v) is 18.8. The molecule has 0 bridgehead atoms. The Morgan fingerprint density at radius 2 is 1.26 bits per heavy atom. The monoisotopic (exact) mass is 389 g/mol. The van der Waals surface area contributed by atoms with Gasteiger partial charge in [0.1, 0.15) is 0 Å². The summed E-state index contributed by atoms with van der Waals surface area (Å²) < 4.78 is 18.2. The number of aliphatic hydroxyl groups is 1. The maximum atomic E-state index is 9.09. The average molecular weight is 390 g/mol. The topological polar surface area (TPSA) is 51.2 Å². The van der Waals surface area contributed by atoms with Crippen LogP contribution in [0.4, 0.5) is 0 Å². The van der Waals surface area contributed by atoms with Gasteiger partial charge in [0.25, 0.3) is 5.97 Å². The van der Waals surface area contributed by atoms with E-state index in [9.17, 15) is 0 Å². The van der Waals surface area contributed by atoms with Crippen LogP contribution in [0.1, 0.15) is 85.5 Å². The lowest BCUT2D eigenvalue weighted by atomic mass is 9.92. The highest BCUT2D eigenvalue weighted by molar-refractivity contribution is 4.73. The molecule has 0 radical (unpaired) electrons. The molecular weight excluding hydrogens is 342 g/mol. The molecule has 0 aromatic rings. The maximum Gasteiger partial charge on any atom is 0.285 e. The lowest BCUT2D eigenvalue weighted by Crippen LogP contribution is -2.47. The summed E-state index contributed by atoms with van der Waals surface area (Å²) in [5.74, 6) is -0.692. The Balaban J connectivity index is 4.86. The van der Waals surface area contributed by atoms with Gasteiger partial charge in [0, 0.05) is 32.3 Å². The van der Waals surface area contributed by atoms with E-state index < -0.39 is 5.97 Å². The third-order valence-corrected chi connectivity index (χ3v) is 5.02. The molecule has 1 atom stereocenters. The first-order chi connectivity index (χ1) is 13.1. The van der Waals surface area contributed by atoms with E-state index in [1.54, 1.807) is 0 Å². The minimum absolute atomic E-state index is 0.207. The molecule has 0 aliphatic heterocycles. The van der Waals surface area contributed by atoms with Crippen LogP contribution in [0.15, 0.2) is 0 Å². The van der Waals surface area contributed by atoms with Crippen molar-refractivity contribution in [2.75, 3.05) is 46.6 Å². The predicted octanol–water partition coefficient (Wildman–Crippen LogP) is 4.82. The quantitative estimate of drug-likeness (QED) is 0.239. The maximum absolute atomic E-state index is 9.09. The molecule has 0 aliphatic rings. The van der Waals surface area contributed by atoms with Gasteiger partial charge >= 0.3 is 0 Å². The lowest BCUT2D eigenvalue weighted by molar-refractivity contribution is -0.403. The molecule has 5 heteroatoms. The highest BCUT2D eigenvalue weighted by Crippen LogP contribution is 2.34. The van der Waals surface area contributed by atoms with Crippen molar-refractivity contribution in [3.8, 4) is 0 Å². The summed E-state index contributed by atoms with van der Waals surface area (Å²) in [6, 6.07) is 0. The molecule has 27 heavy (non-hydrogen) atoms. The van der Waals surface area contributed by atoms with Crippen LogP contribution in [0, 0.1) is 5.92 Å². The van der Waals surface area contributed by atoms with E-state index in [1.165, 1.54) is 38.5 Å². The highest BCUT2D eigenvalue weighted by atomic mass is 16.9. The summed E-state index contributed by atoms with van der Waals surface area (Å²) in [5.41, 5.74) is 0. The lowest BCUT2D eigenvalue weighted by Gasteiger charge is -2.39. The summed E-state index contributed by atoms with van der Waals surface area (Å²) in [4.78, 5) is 2.17. The van der Waals surface area contributed by atoms with Gasteiger partial charge in [-0.05, 0) is 53.6 Å². The number of nitrogens with zero attached hydrogens (tertiary/aromatic N) is 1. The fraction of sp³-hybridized carbons (Fsp3) is 1.00. The molecule has 0 rings (SSSR count). The molecule has 1 unspecified atom stereocenters. The molecule has 0 saturated carbocycles. The number of aliphatic hydroxyl groups excluding tert-OH is 1. The highest BCUT2D eigenvalue weighted by Gasteiger charge is 2.41. The number of likely N-dealkylation sites (N-methyl/N-ethyl adjacent to an activating group) is 1. The van der Waals surface area contributed by atoms with Crippen molar-refractivity contribution < 1.29 is 19.3 Å². The fourth-order valence-electron chi connectivity index (χ4n) is 3.64. The van der Waals surface area contributed by atoms with E-state index in [0.29, 0.717) is 19.8 Å². The standard InChI is InChI=1S/C22H47NO4/c1-6-10-11-12-13-14-16-21(17-15-18-23(5)19-20-24)22(25-7-2,26-8-3)27-9-4/h21,24H,6-20H2,1-5H3. The molecule has 0 spiro atoms. The first kappa shape index (κ1) is 26.8. The van der Waals surface area contributed by atoms with Gasteiger partial charge in [0.2, 0.25) is 0 Å². The minimum atomic E-state index is -0.919. The molecule has 0 aliphatic carbocycles. The summed E-state index contributed by atoms with van der Waals surface area (Å²) in [6.45, 7) is 11.9. The van der Waals surface area contributed by atoms with Gasteiger partial charge in [-0.1, -0.05) is 45.4 Å². The average Bonchev–Trinajstić information content (AvgIpc) is 2.63. The normalized spacial score (nSPS) is 13.4. The van der Waals surface area contributed by atoms with Crippen molar-refractivity contribution >= 4 is 0 Å². The molecule has 0 aromatic heterocycles. The molecular formula is C22H47NO4. The number of ether oxygens (including phenoxy) is 3. The second kappa shape index (κ2) is 17.9. The smallest absolute Gasteiger partial charge is 0.285 e. The van der Waals surface area contributed by atoms with Crippen LogP contribution in [-0.2, 0) is 14.2 Å². The van der Waals surface area contributed by atoms with Crippen LogP contribution in [0.5, 0.6) is 0 Å². The Labute approximate surface area is 168 Å². The van der Waals surface area contributed by atoms with Gasteiger partial charge in [0.15, 0.2) is 0 Å². The number of rotatable bonds is 20. The molecule has 5 nitrogen and oxygen atoms in total. The van der Waals surface area contributed by atoms with Crippen LogP contribution in [0.2, 0.25) is 0 Å². The largest absolute Gasteiger partial charge is 0.395 e. The van der Waals surface area contributed by atoms with Crippen LogP contribution in [-0.4, -0.2) is 62.5 Å². The van der Waals surface area contributed by atoms with Crippen LogP contribution < -0.4 is 0 Å².